The molecule has 1 aromatic heterocycles. The number of piperazine rings is 1. The molecule has 0 spiro atoms. The Balaban J connectivity index is 1.14. The number of nitrogens with zero attached hydrogens (tertiary/aromatic N) is 4. The Morgan fingerprint density at radius 2 is 1.66 bits per heavy atom. The van der Waals surface area contributed by atoms with Crippen molar-refractivity contribution in [2.75, 3.05) is 50.1 Å². The molecule has 0 unspecified atom stereocenters. The Hall–Kier alpha value is -2.34. The maximum atomic E-state index is 5.26. The van der Waals surface area contributed by atoms with Gasteiger partial charge in [-0.2, -0.15) is 0 Å². The fraction of sp³-hybridized carbons (Fsp3) is 0.565. The van der Waals surface area contributed by atoms with Crippen LogP contribution in [0.25, 0.3) is 0 Å². The maximum Gasteiger partial charge on any atom is 0.222 e. The zero-order valence-electron chi connectivity index (χ0n) is 17.5. The predicted octanol–water partition coefficient (Wildman–Crippen LogP) is 3.67. The summed E-state index contributed by atoms with van der Waals surface area (Å²) in [6, 6.07) is 10.8. The van der Waals surface area contributed by atoms with Gasteiger partial charge in [0, 0.05) is 50.3 Å². The van der Waals surface area contributed by atoms with Crippen LogP contribution in [-0.2, 0) is 0 Å². The molecule has 0 atom stereocenters. The minimum Gasteiger partial charge on any atom is -0.497 e. The van der Waals surface area contributed by atoms with Gasteiger partial charge in [-0.05, 0) is 74.9 Å². The van der Waals surface area contributed by atoms with E-state index >= 15 is 0 Å². The summed E-state index contributed by atoms with van der Waals surface area (Å²) in [7, 11) is 1.72. The second-order valence-electron chi connectivity index (χ2n) is 8.25. The highest BCUT2D eigenvalue weighted by atomic mass is 16.5. The van der Waals surface area contributed by atoms with Crippen molar-refractivity contribution >= 4 is 11.6 Å². The first-order valence-corrected chi connectivity index (χ1v) is 10.9. The minimum absolute atomic E-state index is 0.529. The molecule has 2 aliphatic rings. The van der Waals surface area contributed by atoms with E-state index in [1.165, 1.54) is 44.3 Å². The number of rotatable bonds is 7. The highest BCUT2D eigenvalue weighted by Gasteiger charge is 2.23. The number of methoxy groups -OCH3 is 1. The first kappa shape index (κ1) is 20.0. The van der Waals surface area contributed by atoms with Crippen LogP contribution in [0.4, 0.5) is 11.6 Å². The second kappa shape index (κ2) is 9.92. The third-order valence-electron chi connectivity index (χ3n) is 6.41. The van der Waals surface area contributed by atoms with Crippen molar-refractivity contribution in [3.8, 4) is 5.75 Å². The highest BCUT2D eigenvalue weighted by Crippen LogP contribution is 2.28. The topological polar surface area (TPSA) is 53.5 Å². The summed E-state index contributed by atoms with van der Waals surface area (Å²) in [4.78, 5) is 13.7. The Kier molecular flexibility index (Phi) is 6.83. The Labute approximate surface area is 174 Å². The first-order chi connectivity index (χ1) is 14.3. The molecular weight excluding hydrogens is 362 g/mol. The van der Waals surface area contributed by atoms with Crippen LogP contribution in [0.1, 0.15) is 32.1 Å². The number of hydrogen-bond acceptors (Lipinski definition) is 6. The van der Waals surface area contributed by atoms with Crippen molar-refractivity contribution in [3.63, 3.8) is 0 Å². The largest absolute Gasteiger partial charge is 0.497 e. The number of aromatic nitrogens is 2. The quantitative estimate of drug-likeness (QED) is 0.772. The lowest BCUT2D eigenvalue weighted by Crippen LogP contribution is -2.47. The Bertz CT molecular complexity index is 723. The van der Waals surface area contributed by atoms with E-state index in [9.17, 15) is 0 Å². The van der Waals surface area contributed by atoms with Crippen molar-refractivity contribution in [1.29, 1.82) is 0 Å². The van der Waals surface area contributed by atoms with Gasteiger partial charge in [-0.1, -0.05) is 0 Å². The second-order valence-corrected chi connectivity index (χ2v) is 8.25. The SMILES string of the molecule is COc1ccc(N2CCN(CCC3CCC(Nc4ncccn4)CC3)CC2)cc1. The normalized spacial score (nSPS) is 23.0. The van der Waals surface area contributed by atoms with E-state index in [0.717, 1.165) is 43.8 Å². The zero-order valence-corrected chi connectivity index (χ0v) is 17.5. The van der Waals surface area contributed by atoms with Gasteiger partial charge >= 0.3 is 0 Å². The molecule has 1 aliphatic heterocycles. The molecule has 6 heteroatoms. The fourth-order valence-corrected chi connectivity index (χ4v) is 4.54. The van der Waals surface area contributed by atoms with Gasteiger partial charge in [-0.15, -0.1) is 0 Å². The maximum absolute atomic E-state index is 5.26. The van der Waals surface area contributed by atoms with E-state index in [2.05, 4.69) is 49.4 Å². The van der Waals surface area contributed by atoms with Crippen LogP contribution in [0.3, 0.4) is 0 Å². The summed E-state index contributed by atoms with van der Waals surface area (Å²) in [6.07, 6.45) is 10.0. The summed E-state index contributed by atoms with van der Waals surface area (Å²) in [6.45, 7) is 5.78. The monoisotopic (exact) mass is 395 g/mol. The third-order valence-corrected chi connectivity index (χ3v) is 6.41. The molecule has 1 aromatic carbocycles. The Morgan fingerprint density at radius 3 is 2.31 bits per heavy atom. The molecule has 1 saturated carbocycles. The average molecular weight is 396 g/mol. The van der Waals surface area contributed by atoms with Crippen molar-refractivity contribution in [2.24, 2.45) is 5.92 Å². The van der Waals surface area contributed by atoms with Gasteiger partial charge in [-0.25, -0.2) is 9.97 Å². The van der Waals surface area contributed by atoms with E-state index < -0.39 is 0 Å². The van der Waals surface area contributed by atoms with Crippen molar-refractivity contribution in [2.45, 2.75) is 38.1 Å². The summed E-state index contributed by atoms with van der Waals surface area (Å²) >= 11 is 0. The number of benzene rings is 1. The van der Waals surface area contributed by atoms with E-state index in [1.54, 1.807) is 19.5 Å². The molecule has 4 rings (SSSR count). The summed E-state index contributed by atoms with van der Waals surface area (Å²) in [5.41, 5.74) is 1.30. The molecule has 156 valence electrons. The lowest BCUT2D eigenvalue weighted by molar-refractivity contribution is 0.218. The molecule has 2 fully saturated rings. The fourth-order valence-electron chi connectivity index (χ4n) is 4.54. The van der Waals surface area contributed by atoms with Gasteiger partial charge < -0.3 is 15.0 Å². The summed E-state index contributed by atoms with van der Waals surface area (Å²) in [5, 5.41) is 3.49. The van der Waals surface area contributed by atoms with Crippen molar-refractivity contribution in [1.82, 2.24) is 14.9 Å². The van der Waals surface area contributed by atoms with Crippen LogP contribution in [-0.4, -0.2) is 60.7 Å². The number of nitrogens with one attached hydrogen (secondary N) is 1. The van der Waals surface area contributed by atoms with E-state index in [1.807, 2.05) is 6.07 Å². The van der Waals surface area contributed by atoms with Crippen LogP contribution in [0, 0.1) is 5.92 Å². The van der Waals surface area contributed by atoms with Gasteiger partial charge in [0.25, 0.3) is 0 Å². The van der Waals surface area contributed by atoms with Gasteiger partial charge in [-0.3, -0.25) is 4.90 Å². The van der Waals surface area contributed by atoms with Gasteiger partial charge in [0.1, 0.15) is 5.75 Å². The minimum atomic E-state index is 0.529. The predicted molar refractivity (Wildman–Crippen MR) is 118 cm³/mol. The number of hydrogen-bond donors (Lipinski definition) is 1. The molecule has 0 amide bonds. The van der Waals surface area contributed by atoms with Gasteiger partial charge in [0.05, 0.1) is 7.11 Å². The average Bonchev–Trinajstić information content (AvgIpc) is 2.80. The molecule has 6 nitrogen and oxygen atoms in total. The molecular formula is C23H33N5O. The van der Waals surface area contributed by atoms with Crippen LogP contribution in [0.2, 0.25) is 0 Å². The highest BCUT2D eigenvalue weighted by molar-refractivity contribution is 5.49. The van der Waals surface area contributed by atoms with Gasteiger partial charge in [0.15, 0.2) is 0 Å². The van der Waals surface area contributed by atoms with E-state index in [-0.39, 0.29) is 0 Å². The first-order valence-electron chi connectivity index (χ1n) is 10.9. The summed E-state index contributed by atoms with van der Waals surface area (Å²) in [5.74, 6) is 2.56. The molecule has 0 radical (unpaired) electrons. The summed E-state index contributed by atoms with van der Waals surface area (Å²) < 4.78 is 5.26. The van der Waals surface area contributed by atoms with Crippen LogP contribution >= 0.6 is 0 Å². The lowest BCUT2D eigenvalue weighted by atomic mass is 9.84. The molecule has 0 bridgehead atoms. The van der Waals surface area contributed by atoms with Gasteiger partial charge in [0.2, 0.25) is 5.95 Å². The van der Waals surface area contributed by atoms with E-state index in [4.69, 9.17) is 4.74 Å². The molecule has 1 saturated heterocycles. The molecule has 29 heavy (non-hydrogen) atoms. The molecule has 2 aromatic rings. The molecule has 1 N–H and O–H groups in total. The molecule has 1 aliphatic carbocycles. The van der Waals surface area contributed by atoms with Crippen molar-refractivity contribution < 1.29 is 4.74 Å². The van der Waals surface area contributed by atoms with E-state index in [0.29, 0.717) is 6.04 Å². The van der Waals surface area contributed by atoms with Crippen LogP contribution in [0.15, 0.2) is 42.7 Å². The zero-order chi connectivity index (χ0) is 19.9. The van der Waals surface area contributed by atoms with Crippen molar-refractivity contribution in [3.05, 3.63) is 42.7 Å². The smallest absolute Gasteiger partial charge is 0.222 e. The third kappa shape index (κ3) is 5.60. The molecule has 2 heterocycles. The standard InChI is InChI=1S/C23H33N5O/c1-29-22-9-7-21(8-10-22)28-17-15-27(16-18-28)14-11-19-3-5-20(6-4-19)26-23-24-12-2-13-25-23/h2,7-10,12-13,19-20H,3-6,11,14-18H2,1H3,(H,24,25,26). The van der Waals surface area contributed by atoms with Crippen LogP contribution in [0.5, 0.6) is 5.75 Å². The van der Waals surface area contributed by atoms with Crippen LogP contribution < -0.4 is 15.0 Å². The Morgan fingerprint density at radius 1 is 0.966 bits per heavy atom. The number of anilines is 2. The number of ether oxygens (including phenoxy) is 1. The lowest BCUT2D eigenvalue weighted by Gasteiger charge is -2.37.